The van der Waals surface area contributed by atoms with Gasteiger partial charge in [-0.05, 0) is 98.2 Å². The zero-order valence-corrected chi connectivity index (χ0v) is 27.7. The van der Waals surface area contributed by atoms with Gasteiger partial charge >= 0.3 is 5.97 Å². The fourth-order valence-corrected chi connectivity index (χ4v) is 6.88. The molecule has 0 amide bonds. The number of esters is 1. The van der Waals surface area contributed by atoms with Gasteiger partial charge in [0, 0.05) is 41.7 Å². The van der Waals surface area contributed by atoms with Crippen molar-refractivity contribution in [3.05, 3.63) is 140 Å². The first-order chi connectivity index (χ1) is 20.6. The molecule has 43 heavy (non-hydrogen) atoms. The minimum atomic E-state index is -0.274. The Kier molecular flexibility index (Phi) is 9.55. The largest absolute Gasteiger partial charge is 0.465 e. The van der Waals surface area contributed by atoms with Gasteiger partial charge in [-0.3, -0.25) is 9.80 Å². The average molecular weight is 640 g/mol. The summed E-state index contributed by atoms with van der Waals surface area (Å²) in [5, 5.41) is 0. The first-order valence-corrected chi connectivity index (χ1v) is 16.0. The highest BCUT2D eigenvalue weighted by atomic mass is 79.9. The van der Waals surface area contributed by atoms with E-state index in [9.17, 15) is 4.79 Å². The highest BCUT2D eigenvalue weighted by Crippen LogP contribution is 2.38. The molecule has 6 rings (SSSR count). The van der Waals surface area contributed by atoms with Crippen LogP contribution in [-0.4, -0.2) is 36.0 Å². The number of carbonyl (C=O) groups is 1. The molecule has 4 aromatic carbocycles. The van der Waals surface area contributed by atoms with Crippen LogP contribution in [-0.2, 0) is 41.7 Å². The first-order valence-electron chi connectivity index (χ1n) is 15.2. The van der Waals surface area contributed by atoms with Crippen molar-refractivity contribution >= 4 is 21.9 Å². The molecule has 0 aromatic heterocycles. The van der Waals surface area contributed by atoms with E-state index in [4.69, 9.17) is 4.74 Å². The van der Waals surface area contributed by atoms with Crippen molar-refractivity contribution in [2.24, 2.45) is 0 Å². The molecule has 0 aliphatic carbocycles. The van der Waals surface area contributed by atoms with Crippen LogP contribution in [0.1, 0.15) is 71.4 Å². The van der Waals surface area contributed by atoms with Crippen LogP contribution in [0.3, 0.4) is 0 Å². The maximum Gasteiger partial charge on any atom is 0.337 e. The number of carbonyl (C=O) groups excluding carboxylic acids is 1. The van der Waals surface area contributed by atoms with Gasteiger partial charge in [-0.15, -0.1) is 0 Å². The smallest absolute Gasteiger partial charge is 0.337 e. The van der Waals surface area contributed by atoms with Crippen LogP contribution in [0.25, 0.3) is 0 Å². The van der Waals surface area contributed by atoms with Gasteiger partial charge in [0.05, 0.1) is 12.7 Å². The number of hydrogen-bond acceptors (Lipinski definition) is 4. The van der Waals surface area contributed by atoms with Crippen LogP contribution in [0.4, 0.5) is 0 Å². The summed E-state index contributed by atoms with van der Waals surface area (Å²) in [6, 6.07) is 33.9. The van der Waals surface area contributed by atoms with Gasteiger partial charge in [-0.25, -0.2) is 4.79 Å². The Morgan fingerprint density at radius 1 is 0.698 bits per heavy atom. The van der Waals surface area contributed by atoms with Crippen molar-refractivity contribution in [1.29, 1.82) is 0 Å². The predicted molar refractivity (Wildman–Crippen MR) is 179 cm³/mol. The Hall–Kier alpha value is -3.25. The molecule has 0 saturated heterocycles. The molecule has 0 fully saturated rings. The zero-order valence-electron chi connectivity index (χ0n) is 26.1. The Morgan fingerprint density at radius 2 is 1.16 bits per heavy atom. The van der Waals surface area contributed by atoms with E-state index in [0.29, 0.717) is 5.56 Å². The van der Waals surface area contributed by atoms with E-state index < -0.39 is 0 Å². The van der Waals surface area contributed by atoms with E-state index in [-0.39, 0.29) is 17.0 Å². The van der Waals surface area contributed by atoms with Gasteiger partial charge in [0.2, 0.25) is 0 Å². The molecule has 2 aliphatic rings. The molecule has 0 atom stereocenters. The summed E-state index contributed by atoms with van der Waals surface area (Å²) in [6.45, 7) is 13.2. The molecule has 0 spiro atoms. The lowest BCUT2D eigenvalue weighted by atomic mass is 9.82. The van der Waals surface area contributed by atoms with Crippen molar-refractivity contribution < 1.29 is 9.53 Å². The van der Waals surface area contributed by atoms with E-state index in [0.717, 1.165) is 39.0 Å². The predicted octanol–water partition coefficient (Wildman–Crippen LogP) is 8.51. The topological polar surface area (TPSA) is 32.8 Å². The second-order valence-electron chi connectivity index (χ2n) is 12.6. The number of halogens is 1. The lowest BCUT2D eigenvalue weighted by Crippen LogP contribution is -2.46. The number of fused-ring (bicyclic) bond motifs is 2. The fraction of sp³-hybridized carbons (Fsp3) is 0.342. The molecule has 0 bridgehead atoms. The Morgan fingerprint density at radius 3 is 1.65 bits per heavy atom. The Bertz CT molecular complexity index is 1550. The van der Waals surface area contributed by atoms with Gasteiger partial charge in [-0.1, -0.05) is 88.7 Å². The molecule has 2 heterocycles. The third-order valence-electron chi connectivity index (χ3n) is 9.24. The summed E-state index contributed by atoms with van der Waals surface area (Å²) in [7, 11) is 1.43. The maximum atomic E-state index is 11.8. The number of rotatable bonds is 5. The highest BCUT2D eigenvalue weighted by Gasteiger charge is 2.35. The van der Waals surface area contributed by atoms with Crippen LogP contribution in [0.2, 0.25) is 0 Å². The summed E-state index contributed by atoms with van der Waals surface area (Å²) < 4.78 is 6.04. The van der Waals surface area contributed by atoms with Crippen molar-refractivity contribution in [1.82, 2.24) is 9.80 Å². The molecule has 4 nitrogen and oxygen atoms in total. The van der Waals surface area contributed by atoms with Crippen LogP contribution in [0.15, 0.2) is 102 Å². The molecule has 0 saturated carbocycles. The molecular weight excluding hydrogens is 596 g/mol. The Labute approximate surface area is 265 Å². The van der Waals surface area contributed by atoms with Crippen molar-refractivity contribution in [3.63, 3.8) is 0 Å². The number of benzene rings is 4. The van der Waals surface area contributed by atoms with Gasteiger partial charge in [-0.2, -0.15) is 0 Å². The quantitative estimate of drug-likeness (QED) is 0.205. The normalized spacial score (nSPS) is 17.2. The second kappa shape index (κ2) is 13.2. The molecule has 0 unspecified atom stereocenters. The van der Waals surface area contributed by atoms with Crippen LogP contribution < -0.4 is 0 Å². The molecular formula is C38H43BrN2O2. The lowest BCUT2D eigenvalue weighted by Gasteiger charge is -2.44. The van der Waals surface area contributed by atoms with Gasteiger partial charge in [0.1, 0.15) is 0 Å². The first kappa shape index (κ1) is 31.2. The van der Waals surface area contributed by atoms with Gasteiger partial charge in [0.25, 0.3) is 0 Å². The maximum absolute atomic E-state index is 11.8. The summed E-state index contributed by atoms with van der Waals surface area (Å²) in [5.41, 5.74) is 8.78. The minimum Gasteiger partial charge on any atom is -0.465 e. The Balaban J connectivity index is 0.000000173. The summed E-state index contributed by atoms with van der Waals surface area (Å²) in [6.07, 6.45) is 2.14. The summed E-state index contributed by atoms with van der Waals surface area (Å²) in [4.78, 5) is 16.9. The van der Waals surface area contributed by atoms with Crippen LogP contribution in [0.5, 0.6) is 0 Å². The van der Waals surface area contributed by atoms with Gasteiger partial charge in [0.15, 0.2) is 0 Å². The molecule has 4 aromatic rings. The third-order valence-corrected chi connectivity index (χ3v) is 9.73. The zero-order chi connectivity index (χ0) is 30.6. The molecule has 2 aliphatic heterocycles. The summed E-state index contributed by atoms with van der Waals surface area (Å²) >= 11 is 3.61. The van der Waals surface area contributed by atoms with Crippen LogP contribution >= 0.6 is 15.9 Å². The van der Waals surface area contributed by atoms with E-state index in [2.05, 4.69) is 132 Å². The SMILES string of the molecule is CC1(C)c2cc(Br)ccc2CCN1Cc1ccccc1.COC(=O)c1ccc2c(c1)C(C)(C)N(Cc1ccccc1)CC2. The van der Waals surface area contributed by atoms with E-state index in [1.54, 1.807) is 0 Å². The van der Waals surface area contributed by atoms with E-state index >= 15 is 0 Å². The van der Waals surface area contributed by atoms with E-state index in [1.807, 2.05) is 18.2 Å². The van der Waals surface area contributed by atoms with Crippen molar-refractivity contribution in [3.8, 4) is 0 Å². The van der Waals surface area contributed by atoms with Crippen LogP contribution in [0, 0.1) is 0 Å². The fourth-order valence-electron chi connectivity index (χ4n) is 6.52. The number of ether oxygens (including phenoxy) is 1. The van der Waals surface area contributed by atoms with E-state index in [1.165, 1.54) is 45.0 Å². The molecule has 5 heteroatoms. The molecule has 224 valence electrons. The minimum absolute atomic E-state index is 0.0766. The van der Waals surface area contributed by atoms with Gasteiger partial charge < -0.3 is 4.74 Å². The monoisotopic (exact) mass is 638 g/mol. The molecule has 0 N–H and O–H groups in total. The lowest BCUT2D eigenvalue weighted by molar-refractivity contribution is 0.0599. The summed E-state index contributed by atoms with van der Waals surface area (Å²) in [5.74, 6) is -0.274. The number of methoxy groups -OCH3 is 1. The second-order valence-corrected chi connectivity index (χ2v) is 13.5. The standard InChI is InChI=1S/C20H23NO2.C18H20BrN/c1-20(2)18-13-17(19(22)23-3)10-9-16(18)11-12-21(20)14-15-7-5-4-6-8-15;1-18(2)17-12-16(19)9-8-15(17)10-11-20(18)13-14-6-4-3-5-7-14/h4-10,13H,11-12,14H2,1-3H3;3-9,12H,10-11,13H2,1-2H3. The third kappa shape index (κ3) is 6.95. The van der Waals surface area contributed by atoms with Crippen molar-refractivity contribution in [2.75, 3.05) is 20.2 Å². The number of nitrogens with zero attached hydrogens (tertiary/aromatic N) is 2. The van der Waals surface area contributed by atoms with Crippen molar-refractivity contribution in [2.45, 2.75) is 64.7 Å². The highest BCUT2D eigenvalue weighted by molar-refractivity contribution is 9.10. The average Bonchev–Trinajstić information content (AvgIpc) is 3.01. The number of hydrogen-bond donors (Lipinski definition) is 0. The molecule has 0 radical (unpaired) electrons.